The molecule has 0 radical (unpaired) electrons. The number of aromatic nitrogens is 3. The van der Waals surface area contributed by atoms with Gasteiger partial charge in [0, 0.05) is 17.8 Å². The fourth-order valence-electron chi connectivity index (χ4n) is 2.33. The molecule has 2 aromatic heterocycles. The largest absolute Gasteiger partial charge is 0.275 e. The minimum Gasteiger partial charge on any atom is -0.275 e. The van der Waals surface area contributed by atoms with Crippen LogP contribution >= 0.6 is 11.6 Å². The van der Waals surface area contributed by atoms with Crippen molar-refractivity contribution in [1.82, 2.24) is 15.2 Å². The Hall–Kier alpha value is -2.20. The van der Waals surface area contributed by atoms with Gasteiger partial charge in [-0.3, -0.25) is 10.1 Å². The van der Waals surface area contributed by atoms with Gasteiger partial charge >= 0.3 is 0 Å². The number of nitrogens with zero attached hydrogens (tertiary/aromatic N) is 2. The number of hydrogen-bond donors (Lipinski definition) is 1. The SMILES string of the molecule is CC/C(=C\c1cc(F)c2[nH]ncc2c1)c1ccncc1Cl. The Morgan fingerprint density at radius 1 is 1.38 bits per heavy atom. The first kappa shape index (κ1) is 13.8. The van der Waals surface area contributed by atoms with Gasteiger partial charge < -0.3 is 0 Å². The second-order valence-electron chi connectivity index (χ2n) is 4.72. The summed E-state index contributed by atoms with van der Waals surface area (Å²) in [6.45, 7) is 2.04. The molecule has 0 fully saturated rings. The number of pyridine rings is 1. The van der Waals surface area contributed by atoms with Gasteiger partial charge in [0.2, 0.25) is 0 Å². The van der Waals surface area contributed by atoms with Crippen molar-refractivity contribution in [1.29, 1.82) is 0 Å². The molecule has 106 valence electrons. The van der Waals surface area contributed by atoms with Gasteiger partial charge in [-0.25, -0.2) is 4.39 Å². The maximum atomic E-state index is 14.0. The summed E-state index contributed by atoms with van der Waals surface area (Å²) in [6, 6.07) is 5.25. The van der Waals surface area contributed by atoms with Gasteiger partial charge in [-0.2, -0.15) is 5.10 Å². The molecule has 0 aliphatic rings. The molecular formula is C16H13ClFN3. The highest BCUT2D eigenvalue weighted by molar-refractivity contribution is 6.32. The number of allylic oxidation sites excluding steroid dienone is 1. The van der Waals surface area contributed by atoms with Gasteiger partial charge in [0.25, 0.3) is 0 Å². The molecule has 21 heavy (non-hydrogen) atoms. The van der Waals surface area contributed by atoms with Gasteiger partial charge in [-0.05, 0) is 41.3 Å². The standard InChI is InChI=1S/C16H13ClFN3/c1-2-11(13-3-4-19-9-14(13)17)5-10-6-12-8-20-21-16(12)15(18)7-10/h3-9H,2H2,1H3,(H,20,21)/b11-5+. The molecule has 0 saturated heterocycles. The van der Waals surface area contributed by atoms with E-state index in [-0.39, 0.29) is 5.82 Å². The van der Waals surface area contributed by atoms with E-state index in [1.165, 1.54) is 6.07 Å². The van der Waals surface area contributed by atoms with E-state index in [0.29, 0.717) is 10.5 Å². The van der Waals surface area contributed by atoms with Crippen molar-refractivity contribution in [2.75, 3.05) is 0 Å². The normalized spacial score (nSPS) is 12.0. The van der Waals surface area contributed by atoms with Crippen LogP contribution in [-0.2, 0) is 0 Å². The maximum absolute atomic E-state index is 14.0. The average Bonchev–Trinajstić information content (AvgIpc) is 2.94. The number of fused-ring (bicyclic) bond motifs is 1. The zero-order chi connectivity index (χ0) is 14.8. The fraction of sp³-hybridized carbons (Fsp3) is 0.125. The van der Waals surface area contributed by atoms with Crippen LogP contribution in [0.15, 0.2) is 36.8 Å². The lowest BCUT2D eigenvalue weighted by atomic mass is 10.0. The summed E-state index contributed by atoms with van der Waals surface area (Å²) in [5.41, 5.74) is 3.16. The monoisotopic (exact) mass is 301 g/mol. The molecule has 0 spiro atoms. The molecule has 3 nitrogen and oxygen atoms in total. The summed E-state index contributed by atoms with van der Waals surface area (Å²) in [7, 11) is 0. The van der Waals surface area contributed by atoms with E-state index in [2.05, 4.69) is 15.2 Å². The molecule has 1 N–H and O–H groups in total. The van der Waals surface area contributed by atoms with Crippen molar-refractivity contribution in [3.8, 4) is 0 Å². The predicted octanol–water partition coefficient (Wildman–Crippen LogP) is 4.70. The van der Waals surface area contributed by atoms with E-state index in [9.17, 15) is 4.39 Å². The highest BCUT2D eigenvalue weighted by atomic mass is 35.5. The van der Waals surface area contributed by atoms with Crippen LogP contribution in [-0.4, -0.2) is 15.2 Å². The van der Waals surface area contributed by atoms with Crippen molar-refractivity contribution < 1.29 is 4.39 Å². The van der Waals surface area contributed by atoms with Crippen LogP contribution in [0, 0.1) is 5.82 Å². The number of H-pyrrole nitrogens is 1. The zero-order valence-corrected chi connectivity index (χ0v) is 12.2. The first-order valence-corrected chi connectivity index (χ1v) is 7.00. The van der Waals surface area contributed by atoms with E-state index in [4.69, 9.17) is 11.6 Å². The minimum atomic E-state index is -0.312. The van der Waals surface area contributed by atoms with Crippen LogP contribution < -0.4 is 0 Å². The first-order valence-electron chi connectivity index (χ1n) is 6.62. The van der Waals surface area contributed by atoms with E-state index >= 15 is 0 Å². The van der Waals surface area contributed by atoms with Gasteiger partial charge in [0.05, 0.1) is 11.2 Å². The highest BCUT2D eigenvalue weighted by Gasteiger charge is 2.08. The number of hydrogen-bond acceptors (Lipinski definition) is 2. The van der Waals surface area contributed by atoms with Crippen LogP contribution in [0.2, 0.25) is 5.02 Å². The molecule has 2 heterocycles. The molecule has 0 saturated carbocycles. The van der Waals surface area contributed by atoms with Crippen molar-refractivity contribution in [2.45, 2.75) is 13.3 Å². The molecule has 3 rings (SSSR count). The van der Waals surface area contributed by atoms with Crippen LogP contribution in [0.25, 0.3) is 22.6 Å². The topological polar surface area (TPSA) is 41.6 Å². The molecule has 0 aliphatic heterocycles. The molecule has 0 bridgehead atoms. The summed E-state index contributed by atoms with van der Waals surface area (Å²) in [4.78, 5) is 3.99. The molecule has 1 aromatic carbocycles. The van der Waals surface area contributed by atoms with E-state index in [0.717, 1.165) is 28.5 Å². The van der Waals surface area contributed by atoms with Gasteiger partial charge in [-0.15, -0.1) is 0 Å². The summed E-state index contributed by atoms with van der Waals surface area (Å²) < 4.78 is 14.0. The van der Waals surface area contributed by atoms with Gasteiger partial charge in [0.15, 0.2) is 0 Å². The minimum absolute atomic E-state index is 0.312. The average molecular weight is 302 g/mol. The lowest BCUT2D eigenvalue weighted by Gasteiger charge is -2.07. The molecule has 5 heteroatoms. The Morgan fingerprint density at radius 3 is 3.00 bits per heavy atom. The molecule has 0 amide bonds. The van der Waals surface area contributed by atoms with Crippen LogP contribution in [0.3, 0.4) is 0 Å². The summed E-state index contributed by atoms with van der Waals surface area (Å²) in [6.07, 6.45) is 7.65. The summed E-state index contributed by atoms with van der Waals surface area (Å²) in [5.74, 6) is -0.312. The van der Waals surface area contributed by atoms with Crippen LogP contribution in [0.5, 0.6) is 0 Å². The smallest absolute Gasteiger partial charge is 0.149 e. The second kappa shape index (κ2) is 5.66. The summed E-state index contributed by atoms with van der Waals surface area (Å²) >= 11 is 6.18. The number of benzene rings is 1. The third kappa shape index (κ3) is 2.67. The van der Waals surface area contributed by atoms with Crippen molar-refractivity contribution in [2.24, 2.45) is 0 Å². The third-order valence-electron chi connectivity index (χ3n) is 3.36. The Bertz CT molecular complexity index is 823. The third-order valence-corrected chi connectivity index (χ3v) is 3.66. The lowest BCUT2D eigenvalue weighted by molar-refractivity contribution is 0.636. The van der Waals surface area contributed by atoms with Crippen molar-refractivity contribution in [3.63, 3.8) is 0 Å². The Balaban J connectivity index is 2.10. The number of halogens is 2. The molecule has 0 aliphatic carbocycles. The molecule has 0 unspecified atom stereocenters. The molecular weight excluding hydrogens is 289 g/mol. The summed E-state index contributed by atoms with van der Waals surface area (Å²) in [5, 5.41) is 7.85. The van der Waals surface area contributed by atoms with E-state index in [1.807, 2.05) is 25.1 Å². The van der Waals surface area contributed by atoms with E-state index in [1.54, 1.807) is 18.6 Å². The van der Waals surface area contributed by atoms with Gasteiger partial charge in [0.1, 0.15) is 11.3 Å². The van der Waals surface area contributed by atoms with Crippen molar-refractivity contribution >= 4 is 34.2 Å². The zero-order valence-electron chi connectivity index (χ0n) is 11.4. The van der Waals surface area contributed by atoms with Crippen LogP contribution in [0.4, 0.5) is 4.39 Å². The Labute approximate surface area is 126 Å². The van der Waals surface area contributed by atoms with E-state index < -0.39 is 0 Å². The first-order chi connectivity index (χ1) is 10.2. The van der Waals surface area contributed by atoms with Crippen molar-refractivity contribution in [3.05, 3.63) is 58.8 Å². The van der Waals surface area contributed by atoms with Crippen LogP contribution in [0.1, 0.15) is 24.5 Å². The molecule has 0 atom stereocenters. The fourth-order valence-corrected chi connectivity index (χ4v) is 2.57. The van der Waals surface area contributed by atoms with Gasteiger partial charge in [-0.1, -0.05) is 24.6 Å². The maximum Gasteiger partial charge on any atom is 0.149 e. The number of aromatic amines is 1. The molecule has 3 aromatic rings. The second-order valence-corrected chi connectivity index (χ2v) is 5.12. The highest BCUT2D eigenvalue weighted by Crippen LogP contribution is 2.28. The lowest BCUT2D eigenvalue weighted by Crippen LogP contribution is -1.87. The number of nitrogens with one attached hydrogen (secondary N) is 1. The quantitative estimate of drug-likeness (QED) is 0.761. The Morgan fingerprint density at radius 2 is 2.24 bits per heavy atom. The Kier molecular flexibility index (Phi) is 3.71. The number of rotatable bonds is 3. The predicted molar refractivity (Wildman–Crippen MR) is 83.5 cm³/mol.